The first-order valence-corrected chi connectivity index (χ1v) is 4.41. The van der Waals surface area contributed by atoms with Gasteiger partial charge in [0.15, 0.2) is 0 Å². The summed E-state index contributed by atoms with van der Waals surface area (Å²) in [5, 5.41) is 11.1. The van der Waals surface area contributed by atoms with Gasteiger partial charge in [0, 0.05) is 29.7 Å². The van der Waals surface area contributed by atoms with E-state index in [0.29, 0.717) is 5.39 Å². The third-order valence-electron chi connectivity index (χ3n) is 2.36. The lowest BCUT2D eigenvalue weighted by molar-refractivity contribution is -0.296. The van der Waals surface area contributed by atoms with Crippen molar-refractivity contribution >= 4 is 22.7 Å². The van der Waals surface area contributed by atoms with Crippen molar-refractivity contribution in [2.45, 2.75) is 0 Å². The number of hydrogen-bond acceptors (Lipinski definition) is 3. The SMILES string of the molecule is Cn1ccc2c(C(=O)C(=O)[O-])cccc21. The van der Waals surface area contributed by atoms with E-state index in [1.165, 1.54) is 6.07 Å². The molecule has 4 nitrogen and oxygen atoms in total. The Bertz CT molecular complexity index is 554. The molecule has 0 amide bonds. The lowest BCUT2D eigenvalue weighted by atomic mass is 10.1. The highest BCUT2D eigenvalue weighted by molar-refractivity contribution is 6.41. The molecule has 2 rings (SSSR count). The van der Waals surface area contributed by atoms with Crippen LogP contribution in [0, 0.1) is 0 Å². The molecule has 1 heterocycles. The van der Waals surface area contributed by atoms with Crippen molar-refractivity contribution in [3.8, 4) is 0 Å². The Morgan fingerprint density at radius 3 is 2.67 bits per heavy atom. The van der Waals surface area contributed by atoms with Gasteiger partial charge in [-0.05, 0) is 12.1 Å². The number of aryl methyl sites for hydroxylation is 1. The second-order valence-corrected chi connectivity index (χ2v) is 3.28. The summed E-state index contributed by atoms with van der Waals surface area (Å²) in [6.45, 7) is 0. The van der Waals surface area contributed by atoms with Gasteiger partial charge >= 0.3 is 0 Å². The number of carbonyl (C=O) groups excluding carboxylic acids is 2. The molecule has 1 aromatic carbocycles. The zero-order valence-corrected chi connectivity index (χ0v) is 8.06. The van der Waals surface area contributed by atoms with Gasteiger partial charge in [-0.15, -0.1) is 0 Å². The first kappa shape index (κ1) is 9.45. The third kappa shape index (κ3) is 1.40. The van der Waals surface area contributed by atoms with Gasteiger partial charge in [0.2, 0.25) is 5.78 Å². The van der Waals surface area contributed by atoms with Crippen molar-refractivity contribution in [2.75, 3.05) is 0 Å². The van der Waals surface area contributed by atoms with Crippen LogP contribution in [0.2, 0.25) is 0 Å². The first-order chi connectivity index (χ1) is 7.11. The van der Waals surface area contributed by atoms with E-state index in [-0.39, 0.29) is 5.56 Å². The van der Waals surface area contributed by atoms with Crippen molar-refractivity contribution in [3.63, 3.8) is 0 Å². The van der Waals surface area contributed by atoms with E-state index in [2.05, 4.69) is 0 Å². The fraction of sp³-hybridized carbons (Fsp3) is 0.0909. The lowest BCUT2D eigenvalue weighted by Gasteiger charge is -2.03. The van der Waals surface area contributed by atoms with Crippen molar-refractivity contribution in [1.82, 2.24) is 4.57 Å². The summed E-state index contributed by atoms with van der Waals surface area (Å²) in [6.07, 6.45) is 1.77. The molecule has 15 heavy (non-hydrogen) atoms. The van der Waals surface area contributed by atoms with Crippen LogP contribution in [0.15, 0.2) is 30.5 Å². The van der Waals surface area contributed by atoms with Gasteiger partial charge in [-0.2, -0.15) is 0 Å². The van der Waals surface area contributed by atoms with Crippen LogP contribution in [0.25, 0.3) is 10.9 Å². The van der Waals surface area contributed by atoms with Crippen LogP contribution in [-0.4, -0.2) is 16.3 Å². The molecule has 1 aromatic heterocycles. The lowest BCUT2D eigenvalue weighted by Crippen LogP contribution is -2.31. The van der Waals surface area contributed by atoms with Crippen LogP contribution < -0.4 is 5.11 Å². The number of carbonyl (C=O) groups is 2. The van der Waals surface area contributed by atoms with Gasteiger partial charge in [0.05, 0.1) is 0 Å². The normalized spacial score (nSPS) is 10.5. The Kier molecular flexibility index (Phi) is 2.04. The third-order valence-corrected chi connectivity index (χ3v) is 2.36. The molecular formula is C11H8NO3-. The van der Waals surface area contributed by atoms with Gasteiger partial charge < -0.3 is 14.5 Å². The molecule has 0 unspecified atom stereocenters. The largest absolute Gasteiger partial charge is 0.541 e. The summed E-state index contributed by atoms with van der Waals surface area (Å²) in [4.78, 5) is 21.8. The van der Waals surface area contributed by atoms with Crippen LogP contribution in [0.1, 0.15) is 10.4 Å². The Hall–Kier alpha value is -2.10. The van der Waals surface area contributed by atoms with Crippen molar-refractivity contribution in [3.05, 3.63) is 36.0 Å². The van der Waals surface area contributed by atoms with Crippen LogP contribution >= 0.6 is 0 Å². The molecule has 0 saturated carbocycles. The molecule has 0 N–H and O–H groups in total. The minimum Gasteiger partial charge on any atom is -0.541 e. The molecule has 76 valence electrons. The second kappa shape index (κ2) is 3.24. The van der Waals surface area contributed by atoms with E-state index in [0.717, 1.165) is 5.52 Å². The van der Waals surface area contributed by atoms with Crippen molar-refractivity contribution in [1.29, 1.82) is 0 Å². The summed E-state index contributed by atoms with van der Waals surface area (Å²) in [7, 11) is 1.83. The van der Waals surface area contributed by atoms with Gasteiger partial charge in [-0.3, -0.25) is 4.79 Å². The molecule has 0 aliphatic heterocycles. The first-order valence-electron chi connectivity index (χ1n) is 4.41. The van der Waals surface area contributed by atoms with Gasteiger partial charge in [-0.1, -0.05) is 12.1 Å². The number of hydrogen-bond donors (Lipinski definition) is 0. The maximum absolute atomic E-state index is 11.3. The van der Waals surface area contributed by atoms with Crippen molar-refractivity contribution < 1.29 is 14.7 Å². The van der Waals surface area contributed by atoms with Crippen LogP contribution in [0.4, 0.5) is 0 Å². The van der Waals surface area contributed by atoms with Crippen LogP contribution in [0.3, 0.4) is 0 Å². The maximum Gasteiger partial charge on any atom is 0.209 e. The summed E-state index contributed by atoms with van der Waals surface area (Å²) in [5.74, 6) is -2.65. The quantitative estimate of drug-likeness (QED) is 0.513. The summed E-state index contributed by atoms with van der Waals surface area (Å²) in [6, 6.07) is 6.67. The minimum atomic E-state index is -1.67. The maximum atomic E-state index is 11.3. The van der Waals surface area contributed by atoms with Gasteiger partial charge in [-0.25, -0.2) is 0 Å². The Labute approximate surface area is 85.7 Å². The van der Waals surface area contributed by atoms with Crippen LogP contribution in [0.5, 0.6) is 0 Å². The van der Waals surface area contributed by atoms with E-state index in [1.807, 2.05) is 17.7 Å². The molecule has 0 aliphatic rings. The fourth-order valence-corrected chi connectivity index (χ4v) is 1.61. The molecule has 4 heteroatoms. The summed E-state index contributed by atoms with van der Waals surface area (Å²) < 4.78 is 1.82. The number of carboxylic acid groups (broad SMARTS) is 1. The fourth-order valence-electron chi connectivity index (χ4n) is 1.61. The van der Waals surface area contributed by atoms with E-state index in [1.54, 1.807) is 18.3 Å². The summed E-state index contributed by atoms with van der Waals surface area (Å²) in [5.41, 5.74) is 0.996. The molecule has 0 atom stereocenters. The van der Waals surface area contributed by atoms with Crippen molar-refractivity contribution in [2.24, 2.45) is 7.05 Å². The van der Waals surface area contributed by atoms with Crippen LogP contribution in [-0.2, 0) is 11.8 Å². The number of Topliss-reactive ketones (excluding diaryl/α,β-unsaturated/α-hetero) is 1. The average molecular weight is 202 g/mol. The number of aliphatic carboxylic acids is 1. The minimum absolute atomic E-state index is 0.174. The van der Waals surface area contributed by atoms with Gasteiger partial charge in [0.1, 0.15) is 5.97 Å². The Balaban J connectivity index is 2.71. The monoisotopic (exact) mass is 202 g/mol. The average Bonchev–Trinajstić information content (AvgIpc) is 2.59. The predicted octanol–water partition coefficient (Wildman–Crippen LogP) is 0.111. The molecule has 0 bridgehead atoms. The highest BCUT2D eigenvalue weighted by atomic mass is 16.4. The topological polar surface area (TPSA) is 62.1 Å². The molecule has 2 aromatic rings. The van der Waals surface area contributed by atoms with E-state index in [9.17, 15) is 14.7 Å². The number of nitrogens with zero attached hydrogens (tertiary/aromatic N) is 1. The highest BCUT2D eigenvalue weighted by Crippen LogP contribution is 2.19. The molecule has 0 aliphatic carbocycles. The number of carboxylic acids is 1. The van der Waals surface area contributed by atoms with Gasteiger partial charge in [0.25, 0.3) is 0 Å². The number of aromatic nitrogens is 1. The molecule has 0 spiro atoms. The van der Waals surface area contributed by atoms with E-state index in [4.69, 9.17) is 0 Å². The number of fused-ring (bicyclic) bond motifs is 1. The zero-order chi connectivity index (χ0) is 11.0. The number of benzene rings is 1. The standard InChI is InChI=1S/C11H9NO3/c1-12-6-5-7-8(10(13)11(14)15)3-2-4-9(7)12/h2-6H,1H3,(H,14,15)/p-1. The molecule has 0 saturated heterocycles. The second-order valence-electron chi connectivity index (χ2n) is 3.28. The molecule has 0 radical (unpaired) electrons. The smallest absolute Gasteiger partial charge is 0.209 e. The Morgan fingerprint density at radius 2 is 2.00 bits per heavy atom. The Morgan fingerprint density at radius 1 is 1.27 bits per heavy atom. The van der Waals surface area contributed by atoms with E-state index >= 15 is 0 Å². The highest BCUT2D eigenvalue weighted by Gasteiger charge is 2.11. The molecule has 0 fully saturated rings. The number of ketones is 1. The summed E-state index contributed by atoms with van der Waals surface area (Å²) >= 11 is 0. The predicted molar refractivity (Wildman–Crippen MR) is 52.3 cm³/mol. The molecular weight excluding hydrogens is 194 g/mol. The zero-order valence-electron chi connectivity index (χ0n) is 8.06. The number of rotatable bonds is 2. The van der Waals surface area contributed by atoms with E-state index < -0.39 is 11.8 Å².